The SMILES string of the molecule is CCC=CCC(C)C(C)CC. The predicted octanol–water partition coefficient (Wildman–Crippen LogP) is 4.02. The lowest BCUT2D eigenvalue weighted by Gasteiger charge is -2.15. The first-order chi connectivity index (χ1) is 5.22. The largest absolute Gasteiger partial charge is 0.0888 e. The van der Waals surface area contributed by atoms with Crippen molar-refractivity contribution in [2.45, 2.75) is 47.0 Å². The van der Waals surface area contributed by atoms with Crippen LogP contribution in [-0.4, -0.2) is 0 Å². The van der Waals surface area contributed by atoms with Gasteiger partial charge in [0.05, 0.1) is 0 Å². The van der Waals surface area contributed by atoms with Gasteiger partial charge in [-0.1, -0.05) is 46.3 Å². The summed E-state index contributed by atoms with van der Waals surface area (Å²) in [6.07, 6.45) is 8.31. The average Bonchev–Trinajstić information content (AvgIpc) is 2.03. The van der Waals surface area contributed by atoms with Crippen LogP contribution >= 0.6 is 0 Å². The maximum Gasteiger partial charge on any atom is -0.0322 e. The first-order valence-corrected chi connectivity index (χ1v) is 4.87. The third-order valence-corrected chi connectivity index (χ3v) is 2.53. The van der Waals surface area contributed by atoms with E-state index in [4.69, 9.17) is 0 Å². The van der Waals surface area contributed by atoms with Gasteiger partial charge < -0.3 is 0 Å². The molecule has 0 aromatic heterocycles. The smallest absolute Gasteiger partial charge is 0.0322 e. The average molecular weight is 154 g/mol. The molecule has 0 saturated carbocycles. The maximum atomic E-state index is 2.34. The highest BCUT2D eigenvalue weighted by atomic mass is 14.1. The molecule has 0 nitrogen and oxygen atoms in total. The van der Waals surface area contributed by atoms with Crippen LogP contribution < -0.4 is 0 Å². The molecule has 0 radical (unpaired) electrons. The molecule has 0 aromatic carbocycles. The van der Waals surface area contributed by atoms with Crippen molar-refractivity contribution in [3.8, 4) is 0 Å². The highest BCUT2D eigenvalue weighted by Crippen LogP contribution is 2.18. The van der Waals surface area contributed by atoms with Crippen molar-refractivity contribution < 1.29 is 0 Å². The Bertz CT molecular complexity index is 103. The highest BCUT2D eigenvalue weighted by Gasteiger charge is 2.06. The van der Waals surface area contributed by atoms with Crippen molar-refractivity contribution in [1.29, 1.82) is 0 Å². The summed E-state index contributed by atoms with van der Waals surface area (Å²) in [5.74, 6) is 1.72. The standard InChI is InChI=1S/C11H22/c1-5-7-8-9-11(4)10(3)6-2/h7-8,10-11H,5-6,9H2,1-4H3. The highest BCUT2D eigenvalue weighted by molar-refractivity contribution is 4.82. The zero-order valence-corrected chi connectivity index (χ0v) is 8.43. The fourth-order valence-corrected chi connectivity index (χ4v) is 1.11. The molecule has 2 unspecified atom stereocenters. The third kappa shape index (κ3) is 5.06. The van der Waals surface area contributed by atoms with Crippen LogP contribution in [0.1, 0.15) is 47.0 Å². The van der Waals surface area contributed by atoms with Crippen molar-refractivity contribution in [2.75, 3.05) is 0 Å². The van der Waals surface area contributed by atoms with E-state index < -0.39 is 0 Å². The molecule has 0 bridgehead atoms. The molecule has 0 aliphatic carbocycles. The molecule has 0 fully saturated rings. The number of rotatable bonds is 5. The van der Waals surface area contributed by atoms with Gasteiger partial charge in [-0.3, -0.25) is 0 Å². The van der Waals surface area contributed by atoms with Gasteiger partial charge in [0.2, 0.25) is 0 Å². The van der Waals surface area contributed by atoms with Gasteiger partial charge in [-0.05, 0) is 24.7 Å². The molecular weight excluding hydrogens is 132 g/mol. The number of allylic oxidation sites excluding steroid dienone is 2. The predicted molar refractivity (Wildman–Crippen MR) is 52.7 cm³/mol. The van der Waals surface area contributed by atoms with Crippen LogP contribution in [0.2, 0.25) is 0 Å². The third-order valence-electron chi connectivity index (χ3n) is 2.53. The molecule has 0 rings (SSSR count). The molecule has 2 atom stereocenters. The molecule has 0 aliphatic rings. The first kappa shape index (κ1) is 10.7. The minimum Gasteiger partial charge on any atom is -0.0888 e. The molecule has 66 valence electrons. The summed E-state index contributed by atoms with van der Waals surface area (Å²) in [4.78, 5) is 0. The van der Waals surface area contributed by atoms with Gasteiger partial charge in [-0.2, -0.15) is 0 Å². The number of hydrogen-bond donors (Lipinski definition) is 0. The Morgan fingerprint density at radius 3 is 2.09 bits per heavy atom. The van der Waals surface area contributed by atoms with Gasteiger partial charge in [0.1, 0.15) is 0 Å². The van der Waals surface area contributed by atoms with Crippen LogP contribution in [0, 0.1) is 11.8 Å². The van der Waals surface area contributed by atoms with Crippen LogP contribution in [0.25, 0.3) is 0 Å². The fraction of sp³-hybridized carbons (Fsp3) is 0.818. The summed E-state index contributed by atoms with van der Waals surface area (Å²) in [7, 11) is 0. The van der Waals surface area contributed by atoms with E-state index in [-0.39, 0.29) is 0 Å². The van der Waals surface area contributed by atoms with Gasteiger partial charge in [0.25, 0.3) is 0 Å². The van der Waals surface area contributed by atoms with E-state index in [9.17, 15) is 0 Å². The van der Waals surface area contributed by atoms with Gasteiger partial charge in [-0.25, -0.2) is 0 Å². The molecule has 0 aliphatic heterocycles. The molecule has 0 heterocycles. The van der Waals surface area contributed by atoms with E-state index in [2.05, 4.69) is 39.8 Å². The first-order valence-electron chi connectivity index (χ1n) is 4.87. The maximum absolute atomic E-state index is 2.34. The normalized spacial score (nSPS) is 17.1. The van der Waals surface area contributed by atoms with Crippen LogP contribution in [0.4, 0.5) is 0 Å². The lowest BCUT2D eigenvalue weighted by Crippen LogP contribution is -2.04. The fourth-order valence-electron chi connectivity index (χ4n) is 1.11. The lowest BCUT2D eigenvalue weighted by atomic mass is 9.91. The molecule has 11 heavy (non-hydrogen) atoms. The molecule has 0 heteroatoms. The lowest BCUT2D eigenvalue weighted by molar-refractivity contribution is 0.380. The monoisotopic (exact) mass is 154 g/mol. The topological polar surface area (TPSA) is 0 Å². The summed E-state index contributed by atoms with van der Waals surface area (Å²) < 4.78 is 0. The zero-order valence-electron chi connectivity index (χ0n) is 8.43. The van der Waals surface area contributed by atoms with E-state index in [1.165, 1.54) is 19.3 Å². The summed E-state index contributed by atoms with van der Waals surface area (Å²) in [5, 5.41) is 0. The summed E-state index contributed by atoms with van der Waals surface area (Å²) in [6, 6.07) is 0. The van der Waals surface area contributed by atoms with Gasteiger partial charge in [0, 0.05) is 0 Å². The van der Waals surface area contributed by atoms with E-state index in [1.54, 1.807) is 0 Å². The van der Waals surface area contributed by atoms with Crippen molar-refractivity contribution in [3.05, 3.63) is 12.2 Å². The number of hydrogen-bond acceptors (Lipinski definition) is 0. The summed E-state index contributed by atoms with van der Waals surface area (Å²) in [6.45, 7) is 9.13. The zero-order chi connectivity index (χ0) is 8.69. The van der Waals surface area contributed by atoms with E-state index in [0.29, 0.717) is 0 Å². The quantitative estimate of drug-likeness (QED) is 0.524. The van der Waals surface area contributed by atoms with Crippen molar-refractivity contribution in [1.82, 2.24) is 0 Å². The van der Waals surface area contributed by atoms with Gasteiger partial charge >= 0.3 is 0 Å². The molecule has 0 spiro atoms. The Morgan fingerprint density at radius 2 is 1.64 bits per heavy atom. The summed E-state index contributed by atoms with van der Waals surface area (Å²) in [5.41, 5.74) is 0. The van der Waals surface area contributed by atoms with Crippen LogP contribution in [0.3, 0.4) is 0 Å². The van der Waals surface area contributed by atoms with Crippen LogP contribution in [-0.2, 0) is 0 Å². The molecule has 0 aromatic rings. The Hall–Kier alpha value is -0.260. The van der Waals surface area contributed by atoms with E-state index in [0.717, 1.165) is 11.8 Å². The molecule has 0 saturated heterocycles. The van der Waals surface area contributed by atoms with E-state index >= 15 is 0 Å². The van der Waals surface area contributed by atoms with Crippen molar-refractivity contribution in [2.24, 2.45) is 11.8 Å². The van der Waals surface area contributed by atoms with Gasteiger partial charge in [0.15, 0.2) is 0 Å². The van der Waals surface area contributed by atoms with Crippen molar-refractivity contribution >= 4 is 0 Å². The molecule has 0 N–H and O–H groups in total. The Balaban J connectivity index is 3.50. The van der Waals surface area contributed by atoms with E-state index in [1.807, 2.05) is 0 Å². The van der Waals surface area contributed by atoms with Crippen LogP contribution in [0.15, 0.2) is 12.2 Å². The Labute approximate surface area is 71.7 Å². The minimum absolute atomic E-state index is 0.850. The Kier molecular flexibility index (Phi) is 6.30. The second kappa shape index (κ2) is 6.45. The van der Waals surface area contributed by atoms with Crippen molar-refractivity contribution in [3.63, 3.8) is 0 Å². The molecule has 0 amide bonds. The summed E-state index contributed by atoms with van der Waals surface area (Å²) >= 11 is 0. The molecular formula is C11H22. The second-order valence-electron chi connectivity index (χ2n) is 3.48. The van der Waals surface area contributed by atoms with Crippen LogP contribution in [0.5, 0.6) is 0 Å². The van der Waals surface area contributed by atoms with Gasteiger partial charge in [-0.15, -0.1) is 0 Å². The Morgan fingerprint density at radius 1 is 1.00 bits per heavy atom. The minimum atomic E-state index is 0.850. The second-order valence-corrected chi connectivity index (χ2v) is 3.48.